The van der Waals surface area contributed by atoms with Crippen LogP contribution in [0.3, 0.4) is 0 Å². The SMILES string of the molecule is Cc1csc(C(NN)c2cc3cccc(C)c3o2)c1Cl. The van der Waals surface area contributed by atoms with Gasteiger partial charge in [-0.05, 0) is 36.4 Å². The van der Waals surface area contributed by atoms with E-state index in [4.69, 9.17) is 21.9 Å². The molecule has 2 heterocycles. The van der Waals surface area contributed by atoms with Crippen molar-refractivity contribution in [1.82, 2.24) is 5.43 Å². The van der Waals surface area contributed by atoms with Crippen molar-refractivity contribution in [3.8, 4) is 0 Å². The van der Waals surface area contributed by atoms with E-state index in [0.29, 0.717) is 0 Å². The maximum Gasteiger partial charge on any atom is 0.137 e. The van der Waals surface area contributed by atoms with E-state index >= 15 is 0 Å². The van der Waals surface area contributed by atoms with Crippen molar-refractivity contribution in [3.05, 3.63) is 56.4 Å². The number of benzene rings is 1. The molecule has 2 aromatic heterocycles. The third-order valence-corrected chi connectivity index (χ3v) is 5.18. The molecule has 104 valence electrons. The average molecular weight is 307 g/mol. The fraction of sp³-hybridized carbons (Fsp3) is 0.200. The molecule has 0 aliphatic carbocycles. The lowest BCUT2D eigenvalue weighted by molar-refractivity contribution is 0.480. The molecule has 3 rings (SSSR count). The van der Waals surface area contributed by atoms with Crippen molar-refractivity contribution in [1.29, 1.82) is 0 Å². The Balaban J connectivity index is 2.12. The molecule has 0 aliphatic rings. The lowest BCUT2D eigenvalue weighted by Crippen LogP contribution is -2.28. The number of halogens is 1. The minimum absolute atomic E-state index is 0.229. The van der Waals surface area contributed by atoms with Crippen LogP contribution in [-0.4, -0.2) is 0 Å². The van der Waals surface area contributed by atoms with E-state index in [1.165, 1.54) is 0 Å². The van der Waals surface area contributed by atoms with Gasteiger partial charge in [0.2, 0.25) is 0 Å². The Labute approximate surface area is 126 Å². The smallest absolute Gasteiger partial charge is 0.137 e. The first-order valence-electron chi connectivity index (χ1n) is 6.30. The largest absolute Gasteiger partial charge is 0.459 e. The van der Waals surface area contributed by atoms with Crippen LogP contribution in [-0.2, 0) is 0 Å². The molecule has 0 saturated heterocycles. The number of hydrazine groups is 1. The number of fused-ring (bicyclic) bond motifs is 1. The van der Waals surface area contributed by atoms with Gasteiger partial charge in [0.1, 0.15) is 17.4 Å². The van der Waals surface area contributed by atoms with Crippen LogP contribution in [0, 0.1) is 13.8 Å². The highest BCUT2D eigenvalue weighted by Gasteiger charge is 2.22. The van der Waals surface area contributed by atoms with E-state index < -0.39 is 0 Å². The van der Waals surface area contributed by atoms with Crippen LogP contribution >= 0.6 is 22.9 Å². The zero-order chi connectivity index (χ0) is 14.3. The standard InChI is InChI=1S/C15H15ClN2OS/c1-8-4-3-5-10-6-11(19-14(8)10)13(18-17)15-12(16)9(2)7-20-15/h3-7,13,18H,17H2,1-2H3. The highest BCUT2D eigenvalue weighted by Crippen LogP contribution is 2.37. The van der Waals surface area contributed by atoms with Gasteiger partial charge in [0.15, 0.2) is 0 Å². The number of para-hydroxylation sites is 1. The normalized spacial score (nSPS) is 13.0. The number of nitrogens with two attached hydrogens (primary N) is 1. The second-order valence-electron chi connectivity index (χ2n) is 4.84. The monoisotopic (exact) mass is 306 g/mol. The van der Waals surface area contributed by atoms with Gasteiger partial charge in [-0.3, -0.25) is 5.84 Å². The summed E-state index contributed by atoms with van der Waals surface area (Å²) in [5.41, 5.74) is 5.86. The van der Waals surface area contributed by atoms with Crippen LogP contribution in [0.5, 0.6) is 0 Å². The predicted octanol–water partition coefficient (Wildman–Crippen LogP) is 4.32. The molecule has 0 spiro atoms. The van der Waals surface area contributed by atoms with Crippen LogP contribution in [0.1, 0.15) is 27.8 Å². The second-order valence-corrected chi connectivity index (χ2v) is 6.13. The Morgan fingerprint density at radius 2 is 2.10 bits per heavy atom. The lowest BCUT2D eigenvalue weighted by atomic mass is 10.1. The van der Waals surface area contributed by atoms with E-state index in [2.05, 4.69) is 5.43 Å². The summed E-state index contributed by atoms with van der Waals surface area (Å²) in [5, 5.41) is 3.84. The summed E-state index contributed by atoms with van der Waals surface area (Å²) in [6.07, 6.45) is 0. The molecule has 0 amide bonds. The van der Waals surface area contributed by atoms with Crippen molar-refractivity contribution in [2.24, 2.45) is 5.84 Å². The van der Waals surface area contributed by atoms with Crippen LogP contribution in [0.25, 0.3) is 11.0 Å². The predicted molar refractivity (Wildman–Crippen MR) is 84.2 cm³/mol. The summed E-state index contributed by atoms with van der Waals surface area (Å²) in [4.78, 5) is 0.975. The summed E-state index contributed by atoms with van der Waals surface area (Å²) >= 11 is 7.92. The second kappa shape index (κ2) is 5.22. The first-order valence-corrected chi connectivity index (χ1v) is 7.56. The van der Waals surface area contributed by atoms with Crippen LogP contribution in [0.15, 0.2) is 34.1 Å². The van der Waals surface area contributed by atoms with Crippen molar-refractivity contribution >= 4 is 33.9 Å². The molecule has 0 bridgehead atoms. The highest BCUT2D eigenvalue weighted by molar-refractivity contribution is 7.10. The minimum atomic E-state index is -0.229. The molecule has 20 heavy (non-hydrogen) atoms. The Bertz CT molecular complexity index is 762. The van der Waals surface area contributed by atoms with Gasteiger partial charge in [-0.1, -0.05) is 29.8 Å². The Hall–Kier alpha value is -1.33. The summed E-state index contributed by atoms with van der Waals surface area (Å²) < 4.78 is 5.98. The Morgan fingerprint density at radius 3 is 2.70 bits per heavy atom. The molecule has 1 aromatic carbocycles. The molecule has 0 fully saturated rings. The van der Waals surface area contributed by atoms with Gasteiger partial charge in [0.05, 0.1) is 5.02 Å². The van der Waals surface area contributed by atoms with Crippen LogP contribution in [0.2, 0.25) is 5.02 Å². The molecule has 0 saturated carbocycles. The van der Waals surface area contributed by atoms with Gasteiger partial charge >= 0.3 is 0 Å². The lowest BCUT2D eigenvalue weighted by Gasteiger charge is -2.12. The number of thiophene rings is 1. The number of hydrogen-bond acceptors (Lipinski definition) is 4. The maximum atomic E-state index is 6.34. The van der Waals surface area contributed by atoms with Crippen molar-refractivity contribution in [3.63, 3.8) is 0 Å². The summed E-state index contributed by atoms with van der Waals surface area (Å²) in [6.45, 7) is 4.02. The van der Waals surface area contributed by atoms with Gasteiger partial charge < -0.3 is 4.42 Å². The number of hydrogen-bond donors (Lipinski definition) is 2. The number of furan rings is 1. The highest BCUT2D eigenvalue weighted by atomic mass is 35.5. The zero-order valence-corrected chi connectivity index (χ0v) is 12.8. The molecule has 0 aliphatic heterocycles. The Kier molecular flexibility index (Phi) is 3.56. The van der Waals surface area contributed by atoms with Gasteiger partial charge in [-0.25, -0.2) is 5.43 Å². The zero-order valence-electron chi connectivity index (χ0n) is 11.2. The molecule has 1 unspecified atom stereocenters. The molecule has 3 aromatic rings. The molecule has 5 heteroatoms. The van der Waals surface area contributed by atoms with Crippen molar-refractivity contribution in [2.75, 3.05) is 0 Å². The number of nitrogens with one attached hydrogen (secondary N) is 1. The molecule has 3 N–H and O–H groups in total. The third kappa shape index (κ3) is 2.15. The molecular formula is C15H15ClN2OS. The van der Waals surface area contributed by atoms with Gasteiger partial charge in [-0.2, -0.15) is 0 Å². The van der Waals surface area contributed by atoms with Gasteiger partial charge in [-0.15, -0.1) is 11.3 Å². The first kappa shape index (κ1) is 13.6. The average Bonchev–Trinajstić information content (AvgIpc) is 2.99. The summed E-state index contributed by atoms with van der Waals surface area (Å²) in [6, 6.07) is 7.86. The van der Waals surface area contributed by atoms with Crippen LogP contribution < -0.4 is 11.3 Å². The molecule has 1 atom stereocenters. The van der Waals surface area contributed by atoms with E-state index in [-0.39, 0.29) is 6.04 Å². The first-order chi connectivity index (χ1) is 9.61. The fourth-order valence-electron chi connectivity index (χ4n) is 2.30. The third-order valence-electron chi connectivity index (χ3n) is 3.40. The van der Waals surface area contributed by atoms with Crippen LogP contribution in [0.4, 0.5) is 0 Å². The van der Waals surface area contributed by atoms with Gasteiger partial charge in [0.25, 0.3) is 0 Å². The molecule has 0 radical (unpaired) electrons. The van der Waals surface area contributed by atoms with Crippen molar-refractivity contribution in [2.45, 2.75) is 19.9 Å². The van der Waals surface area contributed by atoms with E-state index in [1.54, 1.807) is 11.3 Å². The quantitative estimate of drug-likeness (QED) is 0.560. The van der Waals surface area contributed by atoms with Gasteiger partial charge in [0, 0.05) is 10.3 Å². The van der Waals surface area contributed by atoms with E-state index in [9.17, 15) is 0 Å². The maximum absolute atomic E-state index is 6.34. The number of aryl methyl sites for hydroxylation is 2. The Morgan fingerprint density at radius 1 is 1.30 bits per heavy atom. The summed E-state index contributed by atoms with van der Waals surface area (Å²) in [5.74, 6) is 6.49. The number of rotatable bonds is 3. The topological polar surface area (TPSA) is 51.2 Å². The molecule has 3 nitrogen and oxygen atoms in total. The fourth-order valence-corrected chi connectivity index (χ4v) is 3.67. The van der Waals surface area contributed by atoms with Crippen molar-refractivity contribution < 1.29 is 4.42 Å². The van der Waals surface area contributed by atoms with E-state index in [1.807, 2.05) is 43.5 Å². The van der Waals surface area contributed by atoms with E-state index in [0.717, 1.165) is 37.8 Å². The molecular weight excluding hydrogens is 292 g/mol. The summed E-state index contributed by atoms with van der Waals surface area (Å²) in [7, 11) is 0. The minimum Gasteiger partial charge on any atom is -0.459 e.